The van der Waals surface area contributed by atoms with Crippen LogP contribution in [0.3, 0.4) is 0 Å². The van der Waals surface area contributed by atoms with E-state index in [0.717, 1.165) is 16.8 Å². The summed E-state index contributed by atoms with van der Waals surface area (Å²) in [6.07, 6.45) is 0. The number of amides is 1. The number of nitrogens with zero attached hydrogens (tertiary/aromatic N) is 3. The molecule has 0 bridgehead atoms. The largest absolute Gasteiger partial charge is 0.411 e. The minimum Gasteiger partial charge on any atom is -0.411 e. The summed E-state index contributed by atoms with van der Waals surface area (Å²) in [6.45, 7) is 6.44. The Kier molecular flexibility index (Phi) is 5.73. The number of aryl methyl sites for hydroxylation is 1. The number of hydrogen-bond acceptors (Lipinski definition) is 5. The van der Waals surface area contributed by atoms with Gasteiger partial charge in [-0.05, 0) is 45.0 Å². The second-order valence-electron chi connectivity index (χ2n) is 5.92. The third kappa shape index (κ3) is 4.14. The minimum atomic E-state index is -0.332. The first kappa shape index (κ1) is 18.2. The Morgan fingerprint density at radius 2 is 1.92 bits per heavy atom. The van der Waals surface area contributed by atoms with Gasteiger partial charge in [0.1, 0.15) is 0 Å². The summed E-state index contributed by atoms with van der Waals surface area (Å²) in [5.41, 5.74) is 2.89. The molecule has 5 nitrogen and oxygen atoms in total. The average molecular weight is 367 g/mol. The van der Waals surface area contributed by atoms with Gasteiger partial charge in [-0.25, -0.2) is 0 Å². The lowest BCUT2D eigenvalue weighted by molar-refractivity contribution is -0.117. The Hall–Kier alpha value is -2.60. The van der Waals surface area contributed by atoms with E-state index in [0.29, 0.717) is 17.7 Å². The van der Waals surface area contributed by atoms with Crippen LogP contribution in [0.5, 0.6) is 0 Å². The molecule has 0 unspecified atom stereocenters. The molecule has 0 aliphatic heterocycles. The topological polar surface area (TPSA) is 59.2 Å². The molecular weight excluding hydrogens is 346 g/mol. The van der Waals surface area contributed by atoms with E-state index in [2.05, 4.69) is 10.2 Å². The SMILES string of the molecule is CCN(C(=O)[C@H](C)Sc1nnc(-c2cccc(C)c2)o1)c1ccccc1. The van der Waals surface area contributed by atoms with Gasteiger partial charge in [0.15, 0.2) is 0 Å². The molecule has 1 amide bonds. The standard InChI is InChI=1S/C20H21N3O2S/c1-4-23(17-11-6-5-7-12-17)19(24)15(3)26-20-22-21-18(25-20)16-10-8-9-14(2)13-16/h5-13,15H,4H2,1-3H3/t15-/m0/s1. The van der Waals surface area contributed by atoms with Gasteiger partial charge in [-0.3, -0.25) is 4.79 Å². The zero-order chi connectivity index (χ0) is 18.5. The number of aromatic nitrogens is 2. The van der Waals surface area contributed by atoms with E-state index >= 15 is 0 Å². The van der Waals surface area contributed by atoms with Crippen LogP contribution >= 0.6 is 11.8 Å². The Labute approximate surface area is 157 Å². The van der Waals surface area contributed by atoms with Crippen LogP contribution in [-0.2, 0) is 4.79 Å². The highest BCUT2D eigenvalue weighted by atomic mass is 32.2. The molecule has 1 atom stereocenters. The quantitative estimate of drug-likeness (QED) is 0.597. The van der Waals surface area contributed by atoms with Crippen molar-refractivity contribution >= 4 is 23.4 Å². The van der Waals surface area contributed by atoms with Crippen LogP contribution in [0.4, 0.5) is 5.69 Å². The van der Waals surface area contributed by atoms with Gasteiger partial charge in [0, 0.05) is 17.8 Å². The van der Waals surface area contributed by atoms with Crippen molar-refractivity contribution in [2.24, 2.45) is 0 Å². The van der Waals surface area contributed by atoms with Crippen molar-refractivity contribution in [2.75, 3.05) is 11.4 Å². The Balaban J connectivity index is 1.71. The third-order valence-electron chi connectivity index (χ3n) is 3.95. The first-order valence-corrected chi connectivity index (χ1v) is 9.40. The van der Waals surface area contributed by atoms with Gasteiger partial charge in [0.2, 0.25) is 11.8 Å². The normalized spacial score (nSPS) is 12.0. The number of benzene rings is 2. The predicted octanol–water partition coefficient (Wildman–Crippen LogP) is 4.58. The van der Waals surface area contributed by atoms with Crippen LogP contribution in [0.15, 0.2) is 64.2 Å². The van der Waals surface area contributed by atoms with Crippen molar-refractivity contribution in [2.45, 2.75) is 31.2 Å². The van der Waals surface area contributed by atoms with Gasteiger partial charge in [0.25, 0.3) is 5.22 Å². The predicted molar refractivity (Wildman–Crippen MR) is 104 cm³/mol. The smallest absolute Gasteiger partial charge is 0.277 e. The molecule has 2 aromatic carbocycles. The van der Waals surface area contributed by atoms with E-state index < -0.39 is 0 Å². The van der Waals surface area contributed by atoms with Gasteiger partial charge < -0.3 is 9.32 Å². The number of rotatable bonds is 6. The molecule has 0 saturated carbocycles. The lowest BCUT2D eigenvalue weighted by Gasteiger charge is -2.23. The molecule has 0 spiro atoms. The van der Waals surface area contributed by atoms with Gasteiger partial charge in [-0.1, -0.05) is 47.7 Å². The molecule has 1 heterocycles. The molecule has 134 valence electrons. The summed E-state index contributed by atoms with van der Waals surface area (Å²) in [6, 6.07) is 17.5. The average Bonchev–Trinajstić information content (AvgIpc) is 3.11. The molecule has 0 N–H and O–H groups in total. The molecule has 0 fully saturated rings. The molecule has 6 heteroatoms. The molecule has 3 rings (SSSR count). The Morgan fingerprint density at radius 1 is 1.15 bits per heavy atom. The minimum absolute atomic E-state index is 0.0130. The fourth-order valence-electron chi connectivity index (χ4n) is 2.65. The molecule has 0 aliphatic carbocycles. The van der Waals surface area contributed by atoms with Crippen LogP contribution < -0.4 is 4.90 Å². The maximum Gasteiger partial charge on any atom is 0.277 e. The van der Waals surface area contributed by atoms with Gasteiger partial charge in [0.05, 0.1) is 5.25 Å². The molecular formula is C20H21N3O2S. The summed E-state index contributed by atoms with van der Waals surface area (Å²) in [5, 5.41) is 8.24. The fraction of sp³-hybridized carbons (Fsp3) is 0.250. The Bertz CT molecular complexity index is 880. The zero-order valence-corrected chi connectivity index (χ0v) is 15.9. The lowest BCUT2D eigenvalue weighted by atomic mass is 10.1. The monoisotopic (exact) mass is 367 g/mol. The molecule has 0 radical (unpaired) electrons. The van der Waals surface area contributed by atoms with Gasteiger partial charge in [-0.2, -0.15) is 0 Å². The molecule has 0 aliphatic rings. The first-order chi connectivity index (χ1) is 12.6. The van der Waals surface area contributed by atoms with E-state index in [9.17, 15) is 4.79 Å². The summed E-state index contributed by atoms with van der Waals surface area (Å²) < 4.78 is 5.73. The third-order valence-corrected chi connectivity index (χ3v) is 4.87. The molecule has 1 aromatic heterocycles. The van der Waals surface area contributed by atoms with E-state index in [-0.39, 0.29) is 11.2 Å². The molecule has 3 aromatic rings. The number of carbonyl (C=O) groups excluding carboxylic acids is 1. The van der Waals surface area contributed by atoms with Crippen LogP contribution in [0.25, 0.3) is 11.5 Å². The van der Waals surface area contributed by atoms with Crippen LogP contribution in [0.1, 0.15) is 19.4 Å². The van der Waals surface area contributed by atoms with Crippen LogP contribution in [0.2, 0.25) is 0 Å². The summed E-state index contributed by atoms with van der Waals surface area (Å²) in [7, 11) is 0. The number of hydrogen-bond donors (Lipinski definition) is 0. The highest BCUT2D eigenvalue weighted by molar-refractivity contribution is 8.00. The van der Waals surface area contributed by atoms with E-state index in [1.165, 1.54) is 11.8 Å². The molecule has 0 saturated heterocycles. The maximum absolute atomic E-state index is 12.8. The number of anilines is 1. The van der Waals surface area contributed by atoms with Crippen molar-refractivity contribution in [3.8, 4) is 11.5 Å². The van der Waals surface area contributed by atoms with Crippen molar-refractivity contribution in [1.82, 2.24) is 10.2 Å². The lowest BCUT2D eigenvalue weighted by Crippen LogP contribution is -2.36. The second kappa shape index (κ2) is 8.19. The van der Waals surface area contributed by atoms with E-state index in [4.69, 9.17) is 4.42 Å². The summed E-state index contributed by atoms with van der Waals surface area (Å²) >= 11 is 1.28. The van der Waals surface area contributed by atoms with Crippen LogP contribution in [0, 0.1) is 6.92 Å². The van der Waals surface area contributed by atoms with Crippen molar-refractivity contribution in [3.05, 3.63) is 60.2 Å². The van der Waals surface area contributed by atoms with E-state index in [1.54, 1.807) is 4.90 Å². The van der Waals surface area contributed by atoms with Crippen LogP contribution in [-0.4, -0.2) is 27.9 Å². The summed E-state index contributed by atoms with van der Waals surface area (Å²) in [4.78, 5) is 14.6. The van der Waals surface area contributed by atoms with Gasteiger partial charge >= 0.3 is 0 Å². The highest BCUT2D eigenvalue weighted by Gasteiger charge is 2.24. The number of para-hydroxylation sites is 1. The number of thioether (sulfide) groups is 1. The molecule has 26 heavy (non-hydrogen) atoms. The summed E-state index contributed by atoms with van der Waals surface area (Å²) in [5.74, 6) is 0.477. The van der Waals surface area contributed by atoms with Crippen molar-refractivity contribution in [3.63, 3.8) is 0 Å². The second-order valence-corrected chi connectivity index (χ2v) is 7.21. The van der Waals surface area contributed by atoms with Gasteiger partial charge in [-0.15, -0.1) is 10.2 Å². The number of carbonyl (C=O) groups is 1. The fourth-order valence-corrected chi connectivity index (χ4v) is 3.39. The first-order valence-electron chi connectivity index (χ1n) is 8.52. The Morgan fingerprint density at radius 3 is 2.62 bits per heavy atom. The maximum atomic E-state index is 12.8. The zero-order valence-electron chi connectivity index (χ0n) is 15.0. The highest BCUT2D eigenvalue weighted by Crippen LogP contribution is 2.28. The van der Waals surface area contributed by atoms with Crippen molar-refractivity contribution in [1.29, 1.82) is 0 Å². The van der Waals surface area contributed by atoms with Crippen molar-refractivity contribution < 1.29 is 9.21 Å². The van der Waals surface area contributed by atoms with E-state index in [1.807, 2.05) is 75.4 Å².